The van der Waals surface area contributed by atoms with E-state index in [1.165, 1.54) is 0 Å². The molecule has 1 heterocycles. The lowest BCUT2D eigenvalue weighted by Crippen LogP contribution is -2.42. The number of aliphatic hydroxyl groups excluding tert-OH is 2. The Bertz CT molecular complexity index is 792. The highest BCUT2D eigenvalue weighted by molar-refractivity contribution is 5.92. The number of aromatic hydroxyl groups is 1. The summed E-state index contributed by atoms with van der Waals surface area (Å²) in [6.45, 7) is 4.43. The van der Waals surface area contributed by atoms with Crippen molar-refractivity contribution in [3.05, 3.63) is 40.0 Å². The Balaban J connectivity index is 1.84. The Labute approximate surface area is 153 Å². The van der Waals surface area contributed by atoms with Gasteiger partial charge in [0, 0.05) is 22.5 Å². The number of phenols is 1. The molecule has 5 nitrogen and oxygen atoms in total. The summed E-state index contributed by atoms with van der Waals surface area (Å²) in [6.07, 6.45) is 1.87. The molecule has 5 heteroatoms. The Morgan fingerprint density at radius 2 is 2.15 bits per heavy atom. The molecule has 1 aromatic carbocycles. The van der Waals surface area contributed by atoms with E-state index < -0.39 is 6.10 Å². The van der Waals surface area contributed by atoms with E-state index in [1.54, 1.807) is 0 Å². The molecule has 1 aliphatic heterocycles. The fourth-order valence-corrected chi connectivity index (χ4v) is 5.27. The molecular formula is C21H26O5. The van der Waals surface area contributed by atoms with Crippen molar-refractivity contribution in [2.75, 3.05) is 13.2 Å². The minimum absolute atomic E-state index is 0.0332. The van der Waals surface area contributed by atoms with Crippen LogP contribution in [0, 0.1) is 5.92 Å². The standard InChI is InChI=1S/C21H26O5/c1-3-11(9-22)12-4-5-15-18(19(12)24)17(23)8-16-14-10-26-20(25)13(14)6-7-21(15,16)2/h4-5,11,16-17,22-24H,3,6-10H2,1-2H3/t11?,16-,17-,21+/m0/s1. The molecule has 0 fully saturated rings. The van der Waals surface area contributed by atoms with E-state index in [0.717, 1.165) is 23.1 Å². The van der Waals surface area contributed by atoms with Crippen molar-refractivity contribution in [3.8, 4) is 5.75 Å². The van der Waals surface area contributed by atoms with E-state index in [4.69, 9.17) is 4.74 Å². The first-order valence-electron chi connectivity index (χ1n) is 9.46. The Morgan fingerprint density at radius 3 is 2.85 bits per heavy atom. The van der Waals surface area contributed by atoms with E-state index in [0.29, 0.717) is 37.0 Å². The Hall–Kier alpha value is -1.85. The lowest BCUT2D eigenvalue weighted by molar-refractivity contribution is -0.136. The first-order valence-corrected chi connectivity index (χ1v) is 9.46. The number of benzene rings is 1. The quantitative estimate of drug-likeness (QED) is 0.723. The second-order valence-corrected chi connectivity index (χ2v) is 8.05. The summed E-state index contributed by atoms with van der Waals surface area (Å²) in [5.74, 6) is -0.187. The van der Waals surface area contributed by atoms with Gasteiger partial charge in [-0.15, -0.1) is 0 Å². The van der Waals surface area contributed by atoms with Gasteiger partial charge < -0.3 is 20.1 Å². The van der Waals surface area contributed by atoms with Crippen LogP contribution < -0.4 is 0 Å². The highest BCUT2D eigenvalue weighted by atomic mass is 16.5. The lowest BCUT2D eigenvalue weighted by atomic mass is 9.56. The molecule has 0 radical (unpaired) electrons. The molecule has 0 saturated heterocycles. The smallest absolute Gasteiger partial charge is 0.334 e. The van der Waals surface area contributed by atoms with Gasteiger partial charge in [-0.05, 0) is 48.3 Å². The third kappa shape index (κ3) is 2.26. The third-order valence-electron chi connectivity index (χ3n) is 6.89. The van der Waals surface area contributed by atoms with Gasteiger partial charge in [-0.3, -0.25) is 0 Å². The van der Waals surface area contributed by atoms with E-state index in [1.807, 2.05) is 19.1 Å². The molecule has 4 atom stereocenters. The van der Waals surface area contributed by atoms with Gasteiger partial charge in [0.1, 0.15) is 12.4 Å². The molecule has 0 bridgehead atoms. The van der Waals surface area contributed by atoms with Crippen molar-refractivity contribution < 1.29 is 24.9 Å². The van der Waals surface area contributed by atoms with Crippen LogP contribution in [-0.4, -0.2) is 34.5 Å². The average Bonchev–Trinajstić information content (AvgIpc) is 3.00. The molecule has 1 unspecified atom stereocenters. The summed E-state index contributed by atoms with van der Waals surface area (Å²) in [4.78, 5) is 11.9. The van der Waals surface area contributed by atoms with E-state index in [-0.39, 0.29) is 35.6 Å². The highest BCUT2D eigenvalue weighted by Gasteiger charge is 2.51. The van der Waals surface area contributed by atoms with Crippen LogP contribution in [0.1, 0.15) is 68.2 Å². The number of carbonyl (C=O) groups is 1. The fraction of sp³-hybridized carbons (Fsp3) is 0.571. The van der Waals surface area contributed by atoms with Crippen molar-refractivity contribution in [1.82, 2.24) is 0 Å². The van der Waals surface area contributed by atoms with Crippen LogP contribution in [0.5, 0.6) is 5.75 Å². The third-order valence-corrected chi connectivity index (χ3v) is 6.89. The molecule has 3 aliphatic rings. The molecule has 26 heavy (non-hydrogen) atoms. The monoisotopic (exact) mass is 358 g/mol. The molecule has 140 valence electrons. The van der Waals surface area contributed by atoms with Crippen LogP contribution >= 0.6 is 0 Å². The molecule has 3 N–H and O–H groups in total. The first-order chi connectivity index (χ1) is 12.4. The summed E-state index contributed by atoms with van der Waals surface area (Å²) in [7, 11) is 0. The zero-order chi connectivity index (χ0) is 18.6. The van der Waals surface area contributed by atoms with Crippen LogP contribution in [-0.2, 0) is 14.9 Å². The first kappa shape index (κ1) is 17.6. The predicted molar refractivity (Wildman–Crippen MR) is 95.9 cm³/mol. The number of hydrogen-bond acceptors (Lipinski definition) is 5. The Morgan fingerprint density at radius 1 is 1.38 bits per heavy atom. The number of rotatable bonds is 3. The summed E-state index contributed by atoms with van der Waals surface area (Å²) < 4.78 is 5.25. The number of aliphatic hydroxyl groups is 2. The van der Waals surface area contributed by atoms with Crippen LogP contribution in [0.3, 0.4) is 0 Å². The minimum atomic E-state index is -0.790. The molecular weight excluding hydrogens is 332 g/mol. The van der Waals surface area contributed by atoms with Crippen molar-refractivity contribution in [1.29, 1.82) is 0 Å². The maximum absolute atomic E-state index is 11.9. The molecule has 4 rings (SSSR count). The second kappa shape index (κ2) is 6.10. The second-order valence-electron chi connectivity index (χ2n) is 8.05. The number of carbonyl (C=O) groups excluding carboxylic acids is 1. The molecule has 2 aliphatic carbocycles. The number of fused-ring (bicyclic) bond motifs is 4. The molecule has 0 aromatic heterocycles. The van der Waals surface area contributed by atoms with Gasteiger partial charge in [-0.2, -0.15) is 0 Å². The zero-order valence-electron chi connectivity index (χ0n) is 15.3. The predicted octanol–water partition coefficient (Wildman–Crippen LogP) is 2.84. The number of cyclic esters (lactones) is 1. The fourth-order valence-electron chi connectivity index (χ4n) is 5.27. The maximum atomic E-state index is 11.9. The SMILES string of the molecule is CCC(CO)c1ccc2c(c1O)[C@@H](O)C[C@H]1C3=C(CC[C@]21C)C(=O)OC3. The number of esters is 1. The average molecular weight is 358 g/mol. The van der Waals surface area contributed by atoms with E-state index in [2.05, 4.69) is 6.92 Å². The lowest BCUT2D eigenvalue weighted by Gasteiger charge is -2.48. The van der Waals surface area contributed by atoms with Gasteiger partial charge >= 0.3 is 5.97 Å². The summed E-state index contributed by atoms with van der Waals surface area (Å²) in [5.41, 5.74) is 3.83. The summed E-state index contributed by atoms with van der Waals surface area (Å²) >= 11 is 0. The largest absolute Gasteiger partial charge is 0.507 e. The van der Waals surface area contributed by atoms with Crippen molar-refractivity contribution >= 4 is 5.97 Å². The highest BCUT2D eigenvalue weighted by Crippen LogP contribution is 2.57. The summed E-state index contributed by atoms with van der Waals surface area (Å²) in [6, 6.07) is 3.89. The molecule has 1 aromatic rings. The van der Waals surface area contributed by atoms with Crippen LogP contribution in [0.15, 0.2) is 23.3 Å². The van der Waals surface area contributed by atoms with Gasteiger partial charge in [-0.25, -0.2) is 4.79 Å². The van der Waals surface area contributed by atoms with Gasteiger partial charge in [-0.1, -0.05) is 26.0 Å². The Kier molecular flexibility index (Phi) is 4.12. The number of phenolic OH excluding ortho intramolecular Hbond substituents is 1. The van der Waals surface area contributed by atoms with Gasteiger partial charge in [0.05, 0.1) is 12.7 Å². The normalized spacial score (nSPS) is 31.2. The van der Waals surface area contributed by atoms with Crippen LogP contribution in [0.4, 0.5) is 0 Å². The van der Waals surface area contributed by atoms with Crippen LogP contribution in [0.25, 0.3) is 0 Å². The van der Waals surface area contributed by atoms with E-state index in [9.17, 15) is 20.1 Å². The minimum Gasteiger partial charge on any atom is -0.507 e. The number of hydrogen-bond donors (Lipinski definition) is 3. The van der Waals surface area contributed by atoms with Crippen LogP contribution in [0.2, 0.25) is 0 Å². The van der Waals surface area contributed by atoms with Crippen molar-refractivity contribution in [2.45, 2.75) is 57.0 Å². The van der Waals surface area contributed by atoms with Crippen molar-refractivity contribution in [3.63, 3.8) is 0 Å². The summed E-state index contributed by atoms with van der Waals surface area (Å²) in [5, 5.41) is 31.4. The molecule has 0 saturated carbocycles. The van der Waals surface area contributed by atoms with E-state index >= 15 is 0 Å². The topological polar surface area (TPSA) is 87.0 Å². The van der Waals surface area contributed by atoms with Gasteiger partial charge in [0.15, 0.2) is 0 Å². The maximum Gasteiger partial charge on any atom is 0.334 e. The molecule has 0 spiro atoms. The zero-order valence-corrected chi connectivity index (χ0v) is 15.3. The van der Waals surface area contributed by atoms with Crippen molar-refractivity contribution in [2.24, 2.45) is 5.92 Å². The number of ether oxygens (including phenoxy) is 1. The molecule has 0 amide bonds. The van der Waals surface area contributed by atoms with Gasteiger partial charge in [0.2, 0.25) is 0 Å². The van der Waals surface area contributed by atoms with Gasteiger partial charge in [0.25, 0.3) is 0 Å².